The van der Waals surface area contributed by atoms with Crippen molar-refractivity contribution in [3.8, 4) is 0 Å². The second-order valence-electron chi connectivity index (χ2n) is 6.14. The van der Waals surface area contributed by atoms with Gasteiger partial charge in [-0.2, -0.15) is 5.10 Å². The van der Waals surface area contributed by atoms with Gasteiger partial charge in [-0.3, -0.25) is 19.7 Å². The Bertz CT molecular complexity index is 707. The van der Waals surface area contributed by atoms with Gasteiger partial charge in [-0.1, -0.05) is 6.07 Å². The van der Waals surface area contributed by atoms with Crippen LogP contribution in [0.15, 0.2) is 30.5 Å². The first-order valence-corrected chi connectivity index (χ1v) is 8.12. The van der Waals surface area contributed by atoms with E-state index in [-0.39, 0.29) is 17.9 Å². The number of nitrogens with zero attached hydrogens (tertiary/aromatic N) is 2. The minimum atomic E-state index is -0.0802. The zero-order valence-electron chi connectivity index (χ0n) is 13.6. The molecule has 1 aliphatic rings. The Morgan fingerprint density at radius 1 is 1.33 bits per heavy atom. The van der Waals surface area contributed by atoms with Crippen LogP contribution in [0, 0.1) is 0 Å². The van der Waals surface area contributed by atoms with Crippen LogP contribution < -0.4 is 10.6 Å². The smallest absolute Gasteiger partial charge is 0.225 e. The van der Waals surface area contributed by atoms with Crippen molar-refractivity contribution >= 4 is 17.6 Å². The minimum Gasteiger partial charge on any atom is -0.354 e. The van der Waals surface area contributed by atoms with Crippen molar-refractivity contribution in [1.82, 2.24) is 20.5 Å². The third-order valence-corrected chi connectivity index (χ3v) is 4.18. The maximum atomic E-state index is 12.0. The quantitative estimate of drug-likeness (QED) is 0.752. The first kappa shape index (κ1) is 16.2. The van der Waals surface area contributed by atoms with E-state index in [2.05, 4.69) is 25.8 Å². The summed E-state index contributed by atoms with van der Waals surface area (Å²) in [6.07, 6.45) is 4.49. The molecule has 1 aliphatic carbocycles. The van der Waals surface area contributed by atoms with E-state index in [9.17, 15) is 9.59 Å². The van der Waals surface area contributed by atoms with Gasteiger partial charge >= 0.3 is 0 Å². The lowest BCUT2D eigenvalue weighted by Crippen LogP contribution is -2.42. The van der Waals surface area contributed by atoms with Crippen LogP contribution in [0.2, 0.25) is 0 Å². The van der Waals surface area contributed by atoms with E-state index >= 15 is 0 Å². The van der Waals surface area contributed by atoms with Crippen LogP contribution in [-0.2, 0) is 16.0 Å². The summed E-state index contributed by atoms with van der Waals surface area (Å²) in [7, 11) is 0. The van der Waals surface area contributed by atoms with Gasteiger partial charge in [-0.25, -0.2) is 0 Å². The van der Waals surface area contributed by atoms with Crippen molar-refractivity contribution < 1.29 is 9.59 Å². The maximum absolute atomic E-state index is 12.0. The van der Waals surface area contributed by atoms with Gasteiger partial charge in [0.05, 0.1) is 0 Å². The number of rotatable bonds is 6. The zero-order valence-corrected chi connectivity index (χ0v) is 13.6. The normalized spacial score (nSPS) is 19.4. The van der Waals surface area contributed by atoms with Crippen LogP contribution in [0.1, 0.15) is 43.5 Å². The molecule has 7 heteroatoms. The number of carbonyl (C=O) groups excluding carboxylic acids is 2. The van der Waals surface area contributed by atoms with Crippen LogP contribution in [-0.4, -0.2) is 33.0 Å². The number of carbonyl (C=O) groups is 2. The number of amides is 2. The lowest BCUT2D eigenvalue weighted by Gasteiger charge is -2.34. The Hall–Kier alpha value is -2.70. The second-order valence-corrected chi connectivity index (χ2v) is 6.14. The highest BCUT2D eigenvalue weighted by Gasteiger charge is 2.32. The van der Waals surface area contributed by atoms with Crippen molar-refractivity contribution in [2.75, 3.05) is 5.32 Å². The molecule has 0 aliphatic heterocycles. The number of H-pyrrole nitrogens is 1. The molecular weight excluding hydrogens is 306 g/mol. The Morgan fingerprint density at radius 2 is 2.17 bits per heavy atom. The van der Waals surface area contributed by atoms with Crippen molar-refractivity contribution in [2.45, 2.75) is 44.6 Å². The molecular formula is C17H21N5O2. The Kier molecular flexibility index (Phi) is 4.88. The predicted molar refractivity (Wildman–Crippen MR) is 89.4 cm³/mol. The average molecular weight is 327 g/mol. The van der Waals surface area contributed by atoms with Crippen molar-refractivity contribution in [1.29, 1.82) is 0 Å². The molecule has 0 radical (unpaired) electrons. The molecule has 24 heavy (non-hydrogen) atoms. The summed E-state index contributed by atoms with van der Waals surface area (Å²) in [5, 5.41) is 12.8. The van der Waals surface area contributed by atoms with E-state index in [0.29, 0.717) is 24.6 Å². The largest absolute Gasteiger partial charge is 0.354 e. The summed E-state index contributed by atoms with van der Waals surface area (Å²) >= 11 is 0. The Morgan fingerprint density at radius 3 is 2.88 bits per heavy atom. The first-order chi connectivity index (χ1) is 11.6. The van der Waals surface area contributed by atoms with E-state index < -0.39 is 0 Å². The highest BCUT2D eigenvalue weighted by atomic mass is 16.2. The molecule has 2 aromatic rings. The second kappa shape index (κ2) is 7.25. The maximum Gasteiger partial charge on any atom is 0.225 e. The van der Waals surface area contributed by atoms with E-state index in [1.54, 1.807) is 6.20 Å². The molecule has 0 spiro atoms. The van der Waals surface area contributed by atoms with Crippen LogP contribution in [0.5, 0.6) is 0 Å². The lowest BCUT2D eigenvalue weighted by atomic mass is 9.78. The molecule has 0 atom stereocenters. The summed E-state index contributed by atoms with van der Waals surface area (Å²) in [5.74, 6) is 0.819. The van der Waals surface area contributed by atoms with E-state index in [1.807, 2.05) is 24.3 Å². The van der Waals surface area contributed by atoms with Crippen molar-refractivity contribution in [3.05, 3.63) is 41.9 Å². The van der Waals surface area contributed by atoms with E-state index in [1.165, 1.54) is 6.92 Å². The molecule has 1 saturated carbocycles. The van der Waals surface area contributed by atoms with Crippen LogP contribution in [0.3, 0.4) is 0 Å². The average Bonchev–Trinajstić information content (AvgIpc) is 2.97. The number of anilines is 1. The molecule has 126 valence electrons. The number of aryl methyl sites for hydroxylation is 1. The summed E-state index contributed by atoms with van der Waals surface area (Å²) in [4.78, 5) is 27.2. The number of hydrogen-bond donors (Lipinski definition) is 3. The van der Waals surface area contributed by atoms with Gasteiger partial charge in [-0.15, -0.1) is 0 Å². The Labute approximate surface area is 140 Å². The third kappa shape index (κ3) is 4.18. The molecule has 0 aromatic carbocycles. The molecule has 1 fully saturated rings. The first-order valence-electron chi connectivity index (χ1n) is 8.12. The van der Waals surface area contributed by atoms with E-state index in [4.69, 9.17) is 0 Å². The summed E-state index contributed by atoms with van der Waals surface area (Å²) in [5.41, 5.74) is 1.89. The molecule has 3 rings (SSSR count). The number of aromatic nitrogens is 3. The molecule has 0 bridgehead atoms. The van der Waals surface area contributed by atoms with Crippen LogP contribution >= 0.6 is 0 Å². The monoisotopic (exact) mass is 327 g/mol. The van der Waals surface area contributed by atoms with Gasteiger partial charge < -0.3 is 10.6 Å². The number of hydrogen-bond acceptors (Lipinski definition) is 4. The number of pyridine rings is 1. The predicted octanol–water partition coefficient (Wildman–Crippen LogP) is 1.76. The van der Waals surface area contributed by atoms with Crippen molar-refractivity contribution in [2.24, 2.45) is 0 Å². The van der Waals surface area contributed by atoms with E-state index in [0.717, 1.165) is 24.2 Å². The molecule has 3 N–H and O–H groups in total. The molecule has 0 unspecified atom stereocenters. The summed E-state index contributed by atoms with van der Waals surface area (Å²) in [6.45, 7) is 1.53. The summed E-state index contributed by atoms with van der Waals surface area (Å²) < 4.78 is 0. The topological polar surface area (TPSA) is 99.8 Å². The van der Waals surface area contributed by atoms with Gasteiger partial charge in [0.15, 0.2) is 5.82 Å². The van der Waals surface area contributed by atoms with Gasteiger partial charge in [0.2, 0.25) is 11.8 Å². The third-order valence-electron chi connectivity index (χ3n) is 4.18. The number of nitrogens with one attached hydrogen (secondary N) is 3. The van der Waals surface area contributed by atoms with Gasteiger partial charge in [0, 0.05) is 49.0 Å². The SMILES string of the molecule is CC(=O)N[C@H]1C[C@@H](c2cc(NC(=O)CCc3ccccn3)n[nH]2)C1. The minimum absolute atomic E-state index is 0.00363. The van der Waals surface area contributed by atoms with Crippen LogP contribution in [0.25, 0.3) is 0 Å². The molecule has 2 amide bonds. The van der Waals surface area contributed by atoms with Crippen LogP contribution in [0.4, 0.5) is 5.82 Å². The molecule has 2 heterocycles. The molecule has 7 nitrogen and oxygen atoms in total. The van der Waals surface area contributed by atoms with Gasteiger partial charge in [-0.05, 0) is 31.4 Å². The zero-order chi connectivity index (χ0) is 16.9. The fraction of sp³-hybridized carbons (Fsp3) is 0.412. The Balaban J connectivity index is 1.44. The highest BCUT2D eigenvalue weighted by molar-refractivity contribution is 5.89. The standard InChI is InChI=1S/C17H21N5O2/c1-11(23)19-14-8-12(9-14)15-10-16(22-21-15)20-17(24)6-5-13-4-2-3-7-18-13/h2-4,7,10,12,14H,5-6,8-9H2,1H3,(H,19,23)(H2,20,21,22,24)/t12-,14+. The summed E-state index contributed by atoms with van der Waals surface area (Å²) in [6, 6.07) is 7.78. The lowest BCUT2D eigenvalue weighted by molar-refractivity contribution is -0.120. The molecule has 0 saturated heterocycles. The molecule has 2 aromatic heterocycles. The number of aromatic amines is 1. The van der Waals surface area contributed by atoms with Gasteiger partial charge in [0.1, 0.15) is 0 Å². The van der Waals surface area contributed by atoms with Gasteiger partial charge in [0.25, 0.3) is 0 Å². The highest BCUT2D eigenvalue weighted by Crippen LogP contribution is 2.36. The van der Waals surface area contributed by atoms with Crippen molar-refractivity contribution in [3.63, 3.8) is 0 Å². The fourth-order valence-electron chi connectivity index (χ4n) is 2.88. The fourth-order valence-corrected chi connectivity index (χ4v) is 2.88.